The molecular weight excluding hydrogens is 300 g/mol. The van der Waals surface area contributed by atoms with Crippen molar-refractivity contribution in [2.45, 2.75) is 20.4 Å². The van der Waals surface area contributed by atoms with Crippen LogP contribution >= 0.6 is 11.6 Å². The topological polar surface area (TPSA) is 58.2 Å². The zero-order valence-corrected chi connectivity index (χ0v) is 13.2. The maximum Gasteiger partial charge on any atom is 0.313 e. The average molecular weight is 317 g/mol. The third-order valence-electron chi connectivity index (χ3n) is 3.08. The summed E-state index contributed by atoms with van der Waals surface area (Å²) in [5.41, 5.74) is 3.41. The van der Waals surface area contributed by atoms with Gasteiger partial charge < -0.3 is 10.6 Å². The van der Waals surface area contributed by atoms with E-state index in [1.165, 1.54) is 0 Å². The van der Waals surface area contributed by atoms with Gasteiger partial charge >= 0.3 is 11.8 Å². The minimum atomic E-state index is -0.697. The summed E-state index contributed by atoms with van der Waals surface area (Å²) < 4.78 is 0. The number of carbonyl (C=O) groups excluding carboxylic acids is 2. The maximum absolute atomic E-state index is 11.9. The number of nitrogens with one attached hydrogen (secondary N) is 2. The second-order valence-corrected chi connectivity index (χ2v) is 5.51. The van der Waals surface area contributed by atoms with Gasteiger partial charge in [-0.2, -0.15) is 0 Å². The Morgan fingerprint density at radius 1 is 1.00 bits per heavy atom. The molecule has 0 radical (unpaired) electrons. The number of aryl methyl sites for hydroxylation is 2. The molecule has 0 heterocycles. The summed E-state index contributed by atoms with van der Waals surface area (Å²) in [7, 11) is 0. The fraction of sp³-hybridized carbons (Fsp3) is 0.176. The first kappa shape index (κ1) is 16.0. The van der Waals surface area contributed by atoms with Crippen molar-refractivity contribution in [2.24, 2.45) is 0 Å². The summed E-state index contributed by atoms with van der Waals surface area (Å²) in [6, 6.07) is 12.8. The highest BCUT2D eigenvalue weighted by Gasteiger charge is 2.14. The number of hydrogen-bond donors (Lipinski definition) is 2. The predicted octanol–water partition coefficient (Wildman–Crippen LogP) is 3.21. The van der Waals surface area contributed by atoms with Crippen LogP contribution in [-0.4, -0.2) is 11.8 Å². The number of carbonyl (C=O) groups is 2. The van der Waals surface area contributed by atoms with Crippen molar-refractivity contribution in [3.63, 3.8) is 0 Å². The molecule has 0 aliphatic carbocycles. The molecule has 22 heavy (non-hydrogen) atoms. The van der Waals surface area contributed by atoms with Gasteiger partial charge in [0, 0.05) is 17.3 Å². The molecular formula is C17H17ClN2O2. The van der Waals surface area contributed by atoms with E-state index in [2.05, 4.69) is 10.6 Å². The van der Waals surface area contributed by atoms with Gasteiger partial charge in [-0.1, -0.05) is 35.9 Å². The molecule has 0 fully saturated rings. The highest BCUT2D eigenvalue weighted by atomic mass is 35.5. The van der Waals surface area contributed by atoms with Crippen molar-refractivity contribution >= 4 is 29.1 Å². The minimum absolute atomic E-state index is 0.207. The molecule has 0 saturated carbocycles. The number of benzene rings is 2. The maximum atomic E-state index is 11.9. The molecule has 0 aromatic heterocycles. The zero-order chi connectivity index (χ0) is 16.1. The van der Waals surface area contributed by atoms with Gasteiger partial charge in [0.25, 0.3) is 0 Å². The molecule has 0 saturated heterocycles. The first-order chi connectivity index (χ1) is 10.5. The molecule has 2 amide bonds. The Morgan fingerprint density at radius 2 is 1.64 bits per heavy atom. The van der Waals surface area contributed by atoms with Crippen molar-refractivity contribution in [3.05, 3.63) is 64.2 Å². The van der Waals surface area contributed by atoms with Crippen LogP contribution in [0.5, 0.6) is 0 Å². The number of halogens is 1. The van der Waals surface area contributed by atoms with Gasteiger partial charge in [0.2, 0.25) is 0 Å². The fourth-order valence-electron chi connectivity index (χ4n) is 2.13. The third-order valence-corrected chi connectivity index (χ3v) is 3.45. The van der Waals surface area contributed by atoms with E-state index in [0.717, 1.165) is 16.7 Å². The Bertz CT molecular complexity index is 693. The highest BCUT2D eigenvalue weighted by molar-refractivity contribution is 6.39. The van der Waals surface area contributed by atoms with E-state index in [0.29, 0.717) is 10.7 Å². The van der Waals surface area contributed by atoms with E-state index < -0.39 is 11.8 Å². The molecule has 0 aliphatic heterocycles. The molecule has 2 aromatic rings. The van der Waals surface area contributed by atoms with Crippen molar-refractivity contribution in [1.82, 2.24) is 5.32 Å². The van der Waals surface area contributed by atoms with Crippen molar-refractivity contribution in [1.29, 1.82) is 0 Å². The monoisotopic (exact) mass is 316 g/mol. The molecule has 0 atom stereocenters. The van der Waals surface area contributed by atoms with Crippen LogP contribution in [0.25, 0.3) is 0 Å². The zero-order valence-electron chi connectivity index (χ0n) is 12.4. The van der Waals surface area contributed by atoms with Gasteiger partial charge in [0.1, 0.15) is 0 Å². The van der Waals surface area contributed by atoms with Crippen LogP contribution in [0.1, 0.15) is 16.7 Å². The summed E-state index contributed by atoms with van der Waals surface area (Å²) in [6.45, 7) is 4.07. The Morgan fingerprint density at radius 3 is 2.27 bits per heavy atom. The lowest BCUT2D eigenvalue weighted by Crippen LogP contribution is -2.35. The van der Waals surface area contributed by atoms with Gasteiger partial charge in [0.15, 0.2) is 0 Å². The third kappa shape index (κ3) is 4.33. The van der Waals surface area contributed by atoms with Gasteiger partial charge in [-0.05, 0) is 48.7 Å². The summed E-state index contributed by atoms with van der Waals surface area (Å²) >= 11 is 6.00. The smallest absolute Gasteiger partial charge is 0.313 e. The quantitative estimate of drug-likeness (QED) is 0.854. The van der Waals surface area contributed by atoms with Crippen LogP contribution in [0.2, 0.25) is 5.02 Å². The Kier molecular flexibility index (Phi) is 5.17. The second kappa shape index (κ2) is 7.09. The van der Waals surface area contributed by atoms with Crippen molar-refractivity contribution in [3.8, 4) is 0 Å². The average Bonchev–Trinajstić information content (AvgIpc) is 2.45. The molecule has 2 N–H and O–H groups in total. The van der Waals surface area contributed by atoms with E-state index in [1.807, 2.05) is 38.1 Å². The molecule has 2 aromatic carbocycles. The summed E-state index contributed by atoms with van der Waals surface area (Å²) in [5, 5.41) is 5.70. The lowest BCUT2D eigenvalue weighted by molar-refractivity contribution is -0.136. The van der Waals surface area contributed by atoms with Gasteiger partial charge in [-0.15, -0.1) is 0 Å². The number of amides is 2. The van der Waals surface area contributed by atoms with Crippen molar-refractivity contribution < 1.29 is 9.59 Å². The Balaban J connectivity index is 1.95. The molecule has 0 aliphatic rings. The molecule has 0 unspecified atom stereocenters. The SMILES string of the molecule is Cc1cc(C)cc(NC(=O)C(=O)NCc2ccccc2Cl)c1. The highest BCUT2D eigenvalue weighted by Crippen LogP contribution is 2.15. The molecule has 4 nitrogen and oxygen atoms in total. The van der Waals surface area contributed by atoms with Gasteiger partial charge in [0.05, 0.1) is 0 Å². The first-order valence-corrected chi connectivity index (χ1v) is 7.24. The second-order valence-electron chi connectivity index (χ2n) is 5.10. The number of anilines is 1. The van der Waals surface area contributed by atoms with Crippen LogP contribution in [-0.2, 0) is 16.1 Å². The first-order valence-electron chi connectivity index (χ1n) is 6.86. The van der Waals surface area contributed by atoms with Crippen LogP contribution < -0.4 is 10.6 Å². The lowest BCUT2D eigenvalue weighted by Gasteiger charge is -2.09. The van der Waals surface area contributed by atoms with Gasteiger partial charge in [-0.3, -0.25) is 9.59 Å². The van der Waals surface area contributed by atoms with Gasteiger partial charge in [-0.25, -0.2) is 0 Å². The standard InChI is InChI=1S/C17H17ClN2O2/c1-11-7-12(2)9-14(8-11)20-17(22)16(21)19-10-13-5-3-4-6-15(13)18/h3-9H,10H2,1-2H3,(H,19,21)(H,20,22). The van der Waals surface area contributed by atoms with Crippen LogP contribution in [0.15, 0.2) is 42.5 Å². The fourth-order valence-corrected chi connectivity index (χ4v) is 2.33. The summed E-state index contributed by atoms with van der Waals surface area (Å²) in [4.78, 5) is 23.7. The normalized spacial score (nSPS) is 10.1. The molecule has 0 spiro atoms. The van der Waals surface area contributed by atoms with E-state index in [-0.39, 0.29) is 6.54 Å². The predicted molar refractivity (Wildman–Crippen MR) is 87.8 cm³/mol. The number of hydrogen-bond acceptors (Lipinski definition) is 2. The Hall–Kier alpha value is -2.33. The molecule has 2 rings (SSSR count). The molecule has 0 bridgehead atoms. The summed E-state index contributed by atoms with van der Waals surface area (Å²) in [6.07, 6.45) is 0. The molecule has 5 heteroatoms. The van der Waals surface area contributed by atoms with Crippen LogP contribution in [0.3, 0.4) is 0 Å². The van der Waals surface area contributed by atoms with Crippen LogP contribution in [0, 0.1) is 13.8 Å². The van der Waals surface area contributed by atoms with E-state index >= 15 is 0 Å². The summed E-state index contributed by atoms with van der Waals surface area (Å²) in [5.74, 6) is -1.39. The van der Waals surface area contributed by atoms with Crippen molar-refractivity contribution in [2.75, 3.05) is 5.32 Å². The number of rotatable bonds is 3. The minimum Gasteiger partial charge on any atom is -0.344 e. The largest absolute Gasteiger partial charge is 0.344 e. The van der Waals surface area contributed by atoms with Crippen LogP contribution in [0.4, 0.5) is 5.69 Å². The lowest BCUT2D eigenvalue weighted by atomic mass is 10.1. The van der Waals surface area contributed by atoms with E-state index in [1.54, 1.807) is 18.2 Å². The molecule has 114 valence electrons. The Labute approximate surface area is 134 Å². The van der Waals surface area contributed by atoms with E-state index in [9.17, 15) is 9.59 Å². The van der Waals surface area contributed by atoms with E-state index in [4.69, 9.17) is 11.6 Å².